The summed E-state index contributed by atoms with van der Waals surface area (Å²) < 4.78 is 0. The first-order valence-corrected chi connectivity index (χ1v) is 6.68. The van der Waals surface area contributed by atoms with E-state index >= 15 is 0 Å². The highest BCUT2D eigenvalue weighted by atomic mass is 16.2. The van der Waals surface area contributed by atoms with E-state index in [0.29, 0.717) is 18.7 Å². The Kier molecular flexibility index (Phi) is 4.24. The fraction of sp³-hybridized carbons (Fsp3) is 0.429. The van der Waals surface area contributed by atoms with Crippen LogP contribution in [0.1, 0.15) is 17.3 Å². The van der Waals surface area contributed by atoms with Gasteiger partial charge >= 0.3 is 0 Å². The molecule has 0 bridgehead atoms. The number of primary amides is 1. The zero-order chi connectivity index (χ0) is 14.7. The molecule has 6 heteroatoms. The van der Waals surface area contributed by atoms with Crippen molar-refractivity contribution in [3.8, 4) is 0 Å². The molecule has 4 N–H and O–H groups in total. The van der Waals surface area contributed by atoms with Crippen LogP contribution in [0.4, 0.5) is 5.69 Å². The fourth-order valence-electron chi connectivity index (χ4n) is 2.31. The van der Waals surface area contributed by atoms with Gasteiger partial charge in [0.25, 0.3) is 0 Å². The van der Waals surface area contributed by atoms with Crippen LogP contribution in [-0.2, 0) is 4.79 Å². The number of carbonyl (C=O) groups is 2. The zero-order valence-corrected chi connectivity index (χ0v) is 11.6. The minimum atomic E-state index is -0.448. The number of amides is 2. The average Bonchev–Trinajstić information content (AvgIpc) is 2.46. The maximum atomic E-state index is 11.8. The number of carbonyl (C=O) groups excluding carboxylic acids is 2. The molecule has 0 aromatic heterocycles. The van der Waals surface area contributed by atoms with Gasteiger partial charge in [0.2, 0.25) is 11.8 Å². The SMILES string of the molecule is C[C@H](N)C(=O)N1CCN(c2ccc(C(N)=O)cc2)CC1. The zero-order valence-electron chi connectivity index (χ0n) is 11.6. The van der Waals surface area contributed by atoms with Crippen LogP contribution in [0, 0.1) is 0 Å². The van der Waals surface area contributed by atoms with E-state index in [2.05, 4.69) is 4.90 Å². The van der Waals surface area contributed by atoms with Crippen LogP contribution in [0.3, 0.4) is 0 Å². The summed E-state index contributed by atoms with van der Waals surface area (Å²) in [5.41, 5.74) is 12.4. The van der Waals surface area contributed by atoms with Crippen molar-refractivity contribution in [3.05, 3.63) is 29.8 Å². The lowest BCUT2D eigenvalue weighted by Crippen LogP contribution is -2.52. The number of anilines is 1. The van der Waals surface area contributed by atoms with Crippen molar-refractivity contribution >= 4 is 17.5 Å². The van der Waals surface area contributed by atoms with Gasteiger partial charge in [-0.3, -0.25) is 9.59 Å². The van der Waals surface area contributed by atoms with Gasteiger partial charge in [0, 0.05) is 37.4 Å². The molecule has 0 unspecified atom stereocenters. The van der Waals surface area contributed by atoms with Gasteiger partial charge in [0.05, 0.1) is 6.04 Å². The largest absolute Gasteiger partial charge is 0.368 e. The molecule has 1 saturated heterocycles. The normalized spacial score (nSPS) is 16.9. The third-order valence-electron chi connectivity index (χ3n) is 3.50. The van der Waals surface area contributed by atoms with Crippen LogP contribution in [0.15, 0.2) is 24.3 Å². The fourth-order valence-corrected chi connectivity index (χ4v) is 2.31. The van der Waals surface area contributed by atoms with Crippen LogP contribution in [0.5, 0.6) is 0 Å². The van der Waals surface area contributed by atoms with Gasteiger partial charge in [0.15, 0.2) is 0 Å². The predicted molar refractivity (Wildman–Crippen MR) is 77.4 cm³/mol. The number of hydrogen-bond donors (Lipinski definition) is 2. The number of benzene rings is 1. The van der Waals surface area contributed by atoms with Gasteiger partial charge in [-0.1, -0.05) is 0 Å². The summed E-state index contributed by atoms with van der Waals surface area (Å²) in [5.74, 6) is -0.433. The first-order valence-electron chi connectivity index (χ1n) is 6.68. The van der Waals surface area contributed by atoms with E-state index in [-0.39, 0.29) is 5.91 Å². The van der Waals surface area contributed by atoms with Gasteiger partial charge in [-0.05, 0) is 31.2 Å². The van der Waals surface area contributed by atoms with Crippen LogP contribution >= 0.6 is 0 Å². The molecule has 0 saturated carbocycles. The Morgan fingerprint density at radius 3 is 2.10 bits per heavy atom. The molecule has 20 heavy (non-hydrogen) atoms. The Balaban J connectivity index is 1.97. The summed E-state index contributed by atoms with van der Waals surface area (Å²) in [5, 5.41) is 0. The van der Waals surface area contributed by atoms with Crippen molar-refractivity contribution in [2.75, 3.05) is 31.1 Å². The molecule has 0 aliphatic carbocycles. The van der Waals surface area contributed by atoms with Gasteiger partial charge < -0.3 is 21.3 Å². The Bertz CT molecular complexity index is 490. The van der Waals surface area contributed by atoms with Gasteiger partial charge in [-0.2, -0.15) is 0 Å². The van der Waals surface area contributed by atoms with Crippen molar-refractivity contribution in [2.24, 2.45) is 11.5 Å². The number of nitrogens with zero attached hydrogens (tertiary/aromatic N) is 2. The van der Waals surface area contributed by atoms with Crippen molar-refractivity contribution in [2.45, 2.75) is 13.0 Å². The van der Waals surface area contributed by atoms with E-state index in [9.17, 15) is 9.59 Å². The van der Waals surface area contributed by atoms with Gasteiger partial charge in [-0.15, -0.1) is 0 Å². The van der Waals surface area contributed by atoms with Crippen molar-refractivity contribution < 1.29 is 9.59 Å². The second kappa shape index (κ2) is 5.92. The highest BCUT2D eigenvalue weighted by molar-refractivity contribution is 5.93. The van der Waals surface area contributed by atoms with E-state index in [0.717, 1.165) is 18.8 Å². The Morgan fingerprint density at radius 1 is 1.10 bits per heavy atom. The topological polar surface area (TPSA) is 92.7 Å². The minimum absolute atomic E-state index is 0.00581. The van der Waals surface area contributed by atoms with E-state index < -0.39 is 11.9 Å². The maximum absolute atomic E-state index is 11.8. The van der Waals surface area contributed by atoms with E-state index in [1.165, 1.54) is 0 Å². The molecule has 6 nitrogen and oxygen atoms in total. The molecule has 108 valence electrons. The first kappa shape index (κ1) is 14.3. The van der Waals surface area contributed by atoms with Crippen molar-refractivity contribution in [3.63, 3.8) is 0 Å². The molecule has 1 heterocycles. The van der Waals surface area contributed by atoms with Crippen molar-refractivity contribution in [1.29, 1.82) is 0 Å². The van der Waals surface area contributed by atoms with Crippen LogP contribution < -0.4 is 16.4 Å². The molecule has 1 atom stereocenters. The quantitative estimate of drug-likeness (QED) is 0.798. The van der Waals surface area contributed by atoms with Gasteiger partial charge in [0.1, 0.15) is 0 Å². The summed E-state index contributed by atoms with van der Waals surface area (Å²) in [6.07, 6.45) is 0. The smallest absolute Gasteiger partial charge is 0.248 e. The first-order chi connectivity index (χ1) is 9.49. The number of nitrogens with two attached hydrogens (primary N) is 2. The molecule has 1 fully saturated rings. The molecular formula is C14H20N4O2. The number of rotatable bonds is 3. The highest BCUT2D eigenvalue weighted by Gasteiger charge is 2.23. The molecule has 2 amide bonds. The second-order valence-corrected chi connectivity index (χ2v) is 5.01. The Labute approximate surface area is 118 Å². The standard InChI is InChI=1S/C14H20N4O2/c1-10(15)14(20)18-8-6-17(7-9-18)12-4-2-11(3-5-12)13(16)19/h2-5,10H,6-9,15H2,1H3,(H2,16,19)/t10-/m0/s1. The highest BCUT2D eigenvalue weighted by Crippen LogP contribution is 2.17. The Hall–Kier alpha value is -2.08. The van der Waals surface area contributed by atoms with Gasteiger partial charge in [-0.25, -0.2) is 0 Å². The molecule has 2 rings (SSSR count). The van der Waals surface area contributed by atoms with E-state index in [1.807, 2.05) is 12.1 Å². The monoisotopic (exact) mass is 276 g/mol. The van der Waals surface area contributed by atoms with Crippen LogP contribution in [0.2, 0.25) is 0 Å². The minimum Gasteiger partial charge on any atom is -0.368 e. The lowest BCUT2D eigenvalue weighted by Gasteiger charge is -2.36. The Morgan fingerprint density at radius 2 is 1.65 bits per heavy atom. The van der Waals surface area contributed by atoms with Crippen LogP contribution in [-0.4, -0.2) is 48.9 Å². The molecule has 1 aliphatic heterocycles. The molecule has 0 radical (unpaired) electrons. The third kappa shape index (κ3) is 3.08. The summed E-state index contributed by atoms with van der Waals surface area (Å²) >= 11 is 0. The molecule has 1 aliphatic rings. The van der Waals surface area contributed by atoms with Crippen molar-refractivity contribution in [1.82, 2.24) is 4.90 Å². The summed E-state index contributed by atoms with van der Waals surface area (Å²) in [6, 6.07) is 6.75. The lowest BCUT2D eigenvalue weighted by atomic mass is 10.1. The second-order valence-electron chi connectivity index (χ2n) is 5.01. The summed E-state index contributed by atoms with van der Waals surface area (Å²) in [7, 11) is 0. The summed E-state index contributed by atoms with van der Waals surface area (Å²) in [6.45, 7) is 4.55. The van der Waals surface area contributed by atoms with E-state index in [4.69, 9.17) is 11.5 Å². The summed E-state index contributed by atoms with van der Waals surface area (Å²) in [4.78, 5) is 26.8. The average molecular weight is 276 g/mol. The molecular weight excluding hydrogens is 256 g/mol. The predicted octanol–water partition coefficient (Wildman–Crippen LogP) is -0.219. The van der Waals surface area contributed by atoms with Crippen LogP contribution in [0.25, 0.3) is 0 Å². The number of piperazine rings is 1. The maximum Gasteiger partial charge on any atom is 0.248 e. The third-order valence-corrected chi connectivity index (χ3v) is 3.50. The molecule has 1 aromatic carbocycles. The molecule has 0 spiro atoms. The number of hydrogen-bond acceptors (Lipinski definition) is 4. The lowest BCUT2D eigenvalue weighted by molar-refractivity contribution is -0.132. The van der Waals surface area contributed by atoms with E-state index in [1.54, 1.807) is 24.0 Å². The molecule has 1 aromatic rings.